The molecule has 6 heteroatoms. The SMILES string of the molecule is C=[N+]=[N-].[N-]=[N+]=C(F)F. The van der Waals surface area contributed by atoms with E-state index in [1.807, 2.05) is 0 Å². The van der Waals surface area contributed by atoms with Gasteiger partial charge in [-0.2, -0.15) is 4.79 Å². The van der Waals surface area contributed by atoms with Crippen LogP contribution in [0.25, 0.3) is 11.1 Å². The second-order valence-corrected chi connectivity index (χ2v) is 0.482. The average Bonchev–Trinajstić information content (AvgIpc) is 1.69. The van der Waals surface area contributed by atoms with Crippen molar-refractivity contribution in [1.82, 2.24) is 0 Å². The molecule has 44 valence electrons. The third-order valence-corrected chi connectivity index (χ3v) is 0.0756. The Morgan fingerprint density at radius 1 is 1.38 bits per heavy atom. The van der Waals surface area contributed by atoms with Gasteiger partial charge in [0.05, 0.1) is 0 Å². The molecule has 0 unspecified atom stereocenters. The number of hydrogen-bond donors (Lipinski definition) is 0. The van der Waals surface area contributed by atoms with Crippen LogP contribution >= 0.6 is 0 Å². The van der Waals surface area contributed by atoms with Gasteiger partial charge in [0.2, 0.25) is 6.72 Å². The fourth-order valence-electron chi connectivity index (χ4n) is 0. The topological polar surface area (TPSA) is 72.8 Å². The quantitative estimate of drug-likeness (QED) is 0.252. The van der Waals surface area contributed by atoms with Gasteiger partial charge >= 0.3 is 6.22 Å². The molecule has 0 bridgehead atoms. The molecule has 0 aliphatic rings. The van der Waals surface area contributed by atoms with Crippen molar-refractivity contribution in [2.24, 2.45) is 0 Å². The highest BCUT2D eigenvalue weighted by atomic mass is 19.3. The van der Waals surface area contributed by atoms with E-state index in [1.54, 1.807) is 0 Å². The first-order valence-corrected chi connectivity index (χ1v) is 1.32. The highest BCUT2D eigenvalue weighted by Gasteiger charge is 1.92. The Morgan fingerprint density at radius 3 is 1.50 bits per heavy atom. The smallest absolute Gasteiger partial charge is 0.362 e. The first-order chi connectivity index (χ1) is 3.68. The van der Waals surface area contributed by atoms with Gasteiger partial charge < -0.3 is 11.1 Å². The van der Waals surface area contributed by atoms with Crippen molar-refractivity contribution < 1.29 is 18.4 Å². The Balaban J connectivity index is 0. The van der Waals surface area contributed by atoms with Crippen molar-refractivity contribution in [3.8, 4) is 0 Å². The van der Waals surface area contributed by atoms with E-state index in [2.05, 4.69) is 11.5 Å². The molecule has 0 heterocycles. The molecule has 0 aliphatic heterocycles. The van der Waals surface area contributed by atoms with E-state index in [1.165, 1.54) is 4.79 Å². The predicted molar refractivity (Wildman–Crippen MR) is 21.6 cm³/mol. The zero-order chi connectivity index (χ0) is 6.99. The van der Waals surface area contributed by atoms with E-state index >= 15 is 0 Å². The van der Waals surface area contributed by atoms with Gasteiger partial charge in [-0.15, -0.1) is 0 Å². The van der Waals surface area contributed by atoms with Crippen molar-refractivity contribution in [1.29, 1.82) is 0 Å². The molecule has 4 nitrogen and oxygen atoms in total. The third kappa shape index (κ3) is 157. The van der Waals surface area contributed by atoms with Crippen molar-refractivity contribution in [2.45, 2.75) is 0 Å². The molecule has 0 aromatic rings. The summed E-state index contributed by atoms with van der Waals surface area (Å²) < 4.78 is 20.5. The van der Waals surface area contributed by atoms with E-state index in [0.717, 1.165) is 0 Å². The molecule has 0 N–H and O–H groups in total. The minimum atomic E-state index is -2.31. The summed E-state index contributed by atoms with van der Waals surface area (Å²) in [6.45, 7) is 2.67. The van der Waals surface area contributed by atoms with E-state index in [9.17, 15) is 8.78 Å². The van der Waals surface area contributed by atoms with Gasteiger partial charge in [-0.1, -0.05) is 13.6 Å². The van der Waals surface area contributed by atoms with Gasteiger partial charge in [0.1, 0.15) is 0 Å². The highest BCUT2D eigenvalue weighted by molar-refractivity contribution is 5.56. The van der Waals surface area contributed by atoms with Crippen LogP contribution in [0.4, 0.5) is 8.78 Å². The van der Waals surface area contributed by atoms with Gasteiger partial charge in [-0.3, -0.25) is 0 Å². The lowest BCUT2D eigenvalue weighted by Gasteiger charge is -1.43. The van der Waals surface area contributed by atoms with Crippen molar-refractivity contribution in [3.63, 3.8) is 0 Å². The molecule has 0 fully saturated rings. The number of rotatable bonds is 0. The Hall–Kier alpha value is -1.38. The summed E-state index contributed by atoms with van der Waals surface area (Å²) in [5.41, 5.74) is 14.1. The molecular formula is C2H2F2N4. The van der Waals surface area contributed by atoms with Gasteiger partial charge in [0, 0.05) is 0 Å². The zero-order valence-corrected chi connectivity index (χ0v) is 3.75. The maximum absolute atomic E-state index is 10.3. The fourth-order valence-corrected chi connectivity index (χ4v) is 0. The highest BCUT2D eigenvalue weighted by Crippen LogP contribution is 1.65. The lowest BCUT2D eigenvalue weighted by molar-refractivity contribution is -0.0376. The van der Waals surface area contributed by atoms with E-state index < -0.39 is 6.22 Å². The summed E-state index contributed by atoms with van der Waals surface area (Å²) in [7, 11) is 0. The van der Waals surface area contributed by atoms with Crippen LogP contribution in [0, 0.1) is 0 Å². The molecule has 0 spiro atoms. The van der Waals surface area contributed by atoms with Crippen LogP contribution in [-0.2, 0) is 0 Å². The standard InChI is InChI=1S/CF2N2.CH2N2/c2-1(3)5-4;1-3-2/h;1H2. The van der Waals surface area contributed by atoms with Crippen LogP contribution in [-0.4, -0.2) is 22.5 Å². The monoisotopic (exact) mass is 120 g/mol. The predicted octanol–water partition coefficient (Wildman–Crippen LogP) is 0.428. The first kappa shape index (κ1) is 9.80. The largest absolute Gasteiger partial charge is 0.643 e. The van der Waals surface area contributed by atoms with Crippen LogP contribution in [0.5, 0.6) is 0 Å². The second-order valence-electron chi connectivity index (χ2n) is 0.482. The Kier molecular flexibility index (Phi) is 11.2. The molecule has 8 heavy (non-hydrogen) atoms. The van der Waals surface area contributed by atoms with E-state index in [4.69, 9.17) is 11.1 Å². The lowest BCUT2D eigenvalue weighted by Crippen LogP contribution is -1.68. The molecule has 0 aromatic heterocycles. The molecule has 0 atom stereocenters. The summed E-state index contributed by atoms with van der Waals surface area (Å²) in [5.74, 6) is 0. The molecule has 0 amide bonds. The first-order valence-electron chi connectivity index (χ1n) is 1.32. The van der Waals surface area contributed by atoms with E-state index in [0.29, 0.717) is 0 Å². The zero-order valence-electron chi connectivity index (χ0n) is 3.75. The van der Waals surface area contributed by atoms with Gasteiger partial charge in [-0.05, 0) is 0 Å². The Bertz CT molecular complexity index is 125. The van der Waals surface area contributed by atoms with Crippen molar-refractivity contribution in [2.75, 3.05) is 0 Å². The maximum atomic E-state index is 10.3. The van der Waals surface area contributed by atoms with Gasteiger partial charge in [0.15, 0.2) is 0 Å². The summed E-state index contributed by atoms with van der Waals surface area (Å²) >= 11 is 0. The maximum Gasteiger partial charge on any atom is 0.643 e. The second kappa shape index (κ2) is 9.15. The lowest BCUT2D eigenvalue weighted by atomic mass is 11.5. The van der Waals surface area contributed by atoms with E-state index in [-0.39, 0.29) is 0 Å². The Morgan fingerprint density at radius 2 is 1.50 bits per heavy atom. The summed E-state index contributed by atoms with van der Waals surface area (Å²) in [4.78, 5) is 3.72. The molecule has 0 rings (SSSR count). The molecule has 0 aliphatic carbocycles. The molecule has 0 saturated heterocycles. The summed E-state index contributed by atoms with van der Waals surface area (Å²) in [6, 6.07) is 0. The number of nitrogens with zero attached hydrogens (tertiary/aromatic N) is 4. The minimum Gasteiger partial charge on any atom is -0.362 e. The number of hydrogen-bond acceptors (Lipinski definition) is 0. The van der Waals surface area contributed by atoms with Crippen molar-refractivity contribution >= 4 is 12.9 Å². The summed E-state index contributed by atoms with van der Waals surface area (Å²) in [5, 5.41) is 0. The van der Waals surface area contributed by atoms with Crippen LogP contribution in [0.1, 0.15) is 0 Å². The van der Waals surface area contributed by atoms with Gasteiger partial charge in [-0.25, -0.2) is 0 Å². The van der Waals surface area contributed by atoms with Crippen LogP contribution < -0.4 is 0 Å². The molecular weight excluding hydrogens is 118 g/mol. The van der Waals surface area contributed by atoms with Crippen LogP contribution in [0.15, 0.2) is 0 Å². The van der Waals surface area contributed by atoms with Crippen LogP contribution in [0.3, 0.4) is 0 Å². The van der Waals surface area contributed by atoms with Gasteiger partial charge in [0.25, 0.3) is 0 Å². The molecule has 0 aromatic carbocycles. The normalized spacial score (nSPS) is 4.75. The fraction of sp³-hybridized carbons (Fsp3) is 0. The average molecular weight is 120 g/mol. The molecule has 0 radical (unpaired) electrons. The number of halogens is 2. The van der Waals surface area contributed by atoms with Crippen molar-refractivity contribution in [3.05, 3.63) is 11.1 Å². The molecule has 0 saturated carbocycles. The summed E-state index contributed by atoms with van der Waals surface area (Å²) in [6.07, 6.45) is -2.31. The van der Waals surface area contributed by atoms with Crippen LogP contribution in [0.2, 0.25) is 0 Å². The Labute approximate surface area is 43.6 Å². The third-order valence-electron chi connectivity index (χ3n) is 0.0756. The minimum absolute atomic E-state index is 1.47.